The maximum Gasteiger partial charge on any atom is 0.127 e. The molecule has 1 aliphatic carbocycles. The molecule has 1 aromatic carbocycles. The lowest BCUT2D eigenvalue weighted by Gasteiger charge is -2.21. The molecule has 0 radical (unpaired) electrons. The molecule has 1 aromatic rings. The normalized spacial score (nSPS) is 24.8. The first kappa shape index (κ1) is 14.3. The molecule has 1 fully saturated rings. The van der Waals surface area contributed by atoms with E-state index in [1.165, 1.54) is 25.3 Å². The lowest BCUT2D eigenvalue weighted by atomic mass is 10.1. The van der Waals surface area contributed by atoms with E-state index in [0.717, 1.165) is 17.3 Å². The van der Waals surface area contributed by atoms with Crippen LogP contribution in [0.25, 0.3) is 0 Å². The van der Waals surface area contributed by atoms with Crippen molar-refractivity contribution in [3.63, 3.8) is 0 Å². The molecule has 18 heavy (non-hydrogen) atoms. The Bertz CT molecular complexity index is 399. The second-order valence-electron chi connectivity index (χ2n) is 4.88. The summed E-state index contributed by atoms with van der Waals surface area (Å²) in [4.78, 5) is 0. The molecule has 0 aliphatic heterocycles. The zero-order chi connectivity index (χ0) is 13.0. The second kappa shape index (κ2) is 6.88. The molecular formula is C14H18BrClFN. The van der Waals surface area contributed by atoms with Crippen molar-refractivity contribution < 1.29 is 4.39 Å². The van der Waals surface area contributed by atoms with E-state index in [4.69, 9.17) is 11.6 Å². The van der Waals surface area contributed by atoms with Gasteiger partial charge in [-0.05, 0) is 31.0 Å². The number of nitrogens with one attached hydrogen (secondary N) is 1. The minimum Gasteiger partial charge on any atom is -0.308 e. The molecular weight excluding hydrogens is 317 g/mol. The summed E-state index contributed by atoms with van der Waals surface area (Å²) in [5.74, 6) is -0.162. The lowest BCUT2D eigenvalue weighted by Crippen LogP contribution is -2.36. The molecule has 2 rings (SSSR count). The van der Waals surface area contributed by atoms with E-state index in [1.807, 2.05) is 6.07 Å². The van der Waals surface area contributed by atoms with Crippen LogP contribution in [-0.4, -0.2) is 11.4 Å². The van der Waals surface area contributed by atoms with Gasteiger partial charge in [-0.25, -0.2) is 4.39 Å². The summed E-state index contributed by atoms with van der Waals surface area (Å²) in [6.45, 7) is 0.541. The predicted molar refractivity (Wildman–Crippen MR) is 77.5 cm³/mol. The first-order chi connectivity index (χ1) is 8.66. The second-order valence-corrected chi connectivity index (χ2v) is 6.35. The molecule has 100 valence electrons. The van der Waals surface area contributed by atoms with E-state index in [1.54, 1.807) is 6.07 Å². The molecule has 1 aliphatic rings. The zero-order valence-corrected chi connectivity index (χ0v) is 12.6. The van der Waals surface area contributed by atoms with Crippen LogP contribution in [-0.2, 0) is 6.54 Å². The van der Waals surface area contributed by atoms with Crippen LogP contribution in [0.3, 0.4) is 0 Å². The Balaban J connectivity index is 1.95. The topological polar surface area (TPSA) is 12.0 Å². The van der Waals surface area contributed by atoms with Crippen molar-refractivity contribution in [2.45, 2.75) is 50.1 Å². The van der Waals surface area contributed by atoms with Gasteiger partial charge in [0.2, 0.25) is 0 Å². The number of rotatable bonds is 3. The molecule has 1 N–H and O–H groups in total. The summed E-state index contributed by atoms with van der Waals surface area (Å²) in [5.41, 5.74) is 0.692. The van der Waals surface area contributed by atoms with Crippen LogP contribution in [0.2, 0.25) is 0 Å². The van der Waals surface area contributed by atoms with Crippen LogP contribution in [0, 0.1) is 5.82 Å². The van der Waals surface area contributed by atoms with Crippen LogP contribution < -0.4 is 5.32 Å². The molecule has 0 bridgehead atoms. The summed E-state index contributed by atoms with van der Waals surface area (Å²) >= 11 is 9.73. The molecule has 1 saturated carbocycles. The van der Waals surface area contributed by atoms with Crippen molar-refractivity contribution in [1.29, 1.82) is 0 Å². The molecule has 2 atom stereocenters. The Morgan fingerprint density at radius 2 is 2.06 bits per heavy atom. The molecule has 0 saturated heterocycles. The molecule has 1 nitrogen and oxygen atoms in total. The number of hydrogen-bond donors (Lipinski definition) is 1. The standard InChI is InChI=1S/C14H18BrClFN/c15-11-6-7-13(17)10(8-11)9-18-14-5-3-1-2-4-12(14)16/h6-8,12,14,18H,1-5,9H2. The van der Waals surface area contributed by atoms with Crippen LogP contribution in [0.15, 0.2) is 22.7 Å². The number of halogens is 3. The summed E-state index contributed by atoms with van der Waals surface area (Å²) in [7, 11) is 0. The predicted octanol–water partition coefficient (Wildman–Crippen LogP) is 4.62. The number of hydrogen-bond acceptors (Lipinski definition) is 1. The quantitative estimate of drug-likeness (QED) is 0.628. The van der Waals surface area contributed by atoms with Crippen molar-refractivity contribution in [2.75, 3.05) is 0 Å². The van der Waals surface area contributed by atoms with Gasteiger partial charge in [-0.1, -0.05) is 35.2 Å². The van der Waals surface area contributed by atoms with Gasteiger partial charge in [0.05, 0.1) is 0 Å². The fraction of sp³-hybridized carbons (Fsp3) is 0.571. The fourth-order valence-electron chi connectivity index (χ4n) is 2.41. The van der Waals surface area contributed by atoms with Gasteiger partial charge in [0.15, 0.2) is 0 Å². The first-order valence-electron chi connectivity index (χ1n) is 6.48. The fourth-order valence-corrected chi connectivity index (χ4v) is 3.19. The Morgan fingerprint density at radius 3 is 2.89 bits per heavy atom. The van der Waals surface area contributed by atoms with Gasteiger partial charge < -0.3 is 5.32 Å². The van der Waals surface area contributed by atoms with Crippen LogP contribution in [0.5, 0.6) is 0 Å². The van der Waals surface area contributed by atoms with E-state index in [-0.39, 0.29) is 11.2 Å². The minimum atomic E-state index is -0.162. The Labute approximate surface area is 121 Å². The highest BCUT2D eigenvalue weighted by Crippen LogP contribution is 2.23. The minimum absolute atomic E-state index is 0.162. The average molecular weight is 335 g/mol. The Kier molecular flexibility index (Phi) is 5.46. The van der Waals surface area contributed by atoms with Crippen molar-refractivity contribution in [3.8, 4) is 0 Å². The highest BCUT2D eigenvalue weighted by Gasteiger charge is 2.21. The zero-order valence-electron chi connectivity index (χ0n) is 10.3. The van der Waals surface area contributed by atoms with Gasteiger partial charge in [0.1, 0.15) is 5.82 Å². The highest BCUT2D eigenvalue weighted by atomic mass is 79.9. The van der Waals surface area contributed by atoms with Crippen molar-refractivity contribution in [1.82, 2.24) is 5.32 Å². The number of alkyl halides is 1. The summed E-state index contributed by atoms with van der Waals surface area (Å²) in [6, 6.07) is 5.33. The van der Waals surface area contributed by atoms with Crippen molar-refractivity contribution in [2.24, 2.45) is 0 Å². The third-order valence-corrected chi connectivity index (χ3v) is 4.51. The summed E-state index contributed by atoms with van der Waals surface area (Å²) in [6.07, 6.45) is 5.82. The number of benzene rings is 1. The third-order valence-electron chi connectivity index (χ3n) is 3.49. The van der Waals surface area contributed by atoms with Crippen molar-refractivity contribution in [3.05, 3.63) is 34.1 Å². The maximum absolute atomic E-state index is 13.6. The SMILES string of the molecule is Fc1ccc(Br)cc1CNC1CCCCCC1Cl. The van der Waals surface area contributed by atoms with Crippen LogP contribution >= 0.6 is 27.5 Å². The third kappa shape index (κ3) is 3.94. The Hall–Kier alpha value is -0.120. The van der Waals surface area contributed by atoms with Gasteiger partial charge in [-0.2, -0.15) is 0 Å². The average Bonchev–Trinajstić information content (AvgIpc) is 2.55. The van der Waals surface area contributed by atoms with Gasteiger partial charge in [0.25, 0.3) is 0 Å². The smallest absolute Gasteiger partial charge is 0.127 e. The molecule has 0 aromatic heterocycles. The first-order valence-corrected chi connectivity index (χ1v) is 7.71. The van der Waals surface area contributed by atoms with Gasteiger partial charge >= 0.3 is 0 Å². The van der Waals surface area contributed by atoms with Crippen LogP contribution in [0.1, 0.15) is 37.7 Å². The maximum atomic E-state index is 13.6. The molecule has 0 heterocycles. The van der Waals surface area contributed by atoms with E-state index in [9.17, 15) is 4.39 Å². The van der Waals surface area contributed by atoms with Crippen molar-refractivity contribution >= 4 is 27.5 Å². The molecule has 2 unspecified atom stereocenters. The molecule has 0 amide bonds. The highest BCUT2D eigenvalue weighted by molar-refractivity contribution is 9.10. The van der Waals surface area contributed by atoms with E-state index in [0.29, 0.717) is 18.2 Å². The van der Waals surface area contributed by atoms with E-state index >= 15 is 0 Å². The van der Waals surface area contributed by atoms with Gasteiger partial charge in [-0.3, -0.25) is 0 Å². The molecule has 0 spiro atoms. The van der Waals surface area contributed by atoms with E-state index < -0.39 is 0 Å². The summed E-state index contributed by atoms with van der Waals surface area (Å²) in [5, 5.41) is 3.57. The van der Waals surface area contributed by atoms with E-state index in [2.05, 4.69) is 21.2 Å². The Morgan fingerprint density at radius 1 is 1.28 bits per heavy atom. The summed E-state index contributed by atoms with van der Waals surface area (Å²) < 4.78 is 14.5. The van der Waals surface area contributed by atoms with Gasteiger partial charge in [0, 0.05) is 28.0 Å². The van der Waals surface area contributed by atoms with Crippen LogP contribution in [0.4, 0.5) is 4.39 Å². The largest absolute Gasteiger partial charge is 0.308 e. The monoisotopic (exact) mass is 333 g/mol. The lowest BCUT2D eigenvalue weighted by molar-refractivity contribution is 0.457. The van der Waals surface area contributed by atoms with Gasteiger partial charge in [-0.15, -0.1) is 11.6 Å². The molecule has 4 heteroatoms.